The topological polar surface area (TPSA) is 601 Å². The van der Waals surface area contributed by atoms with Crippen LogP contribution in [0.15, 0.2) is 129 Å². The lowest BCUT2D eigenvalue weighted by molar-refractivity contribution is -0.145. The van der Waals surface area contributed by atoms with E-state index in [4.69, 9.17) is 18.9 Å². The Hall–Kier alpha value is -10.4. The molecule has 3 aliphatic heterocycles. The normalized spacial score (nSPS) is 15.4. The van der Waals surface area contributed by atoms with E-state index in [9.17, 15) is 93.3 Å². The molecule has 3 aromatic heterocycles. The van der Waals surface area contributed by atoms with Gasteiger partial charge in [-0.15, -0.1) is 0 Å². The van der Waals surface area contributed by atoms with E-state index in [-0.39, 0.29) is 164 Å². The van der Waals surface area contributed by atoms with Gasteiger partial charge in [-0.3, -0.25) is 77.1 Å². The summed E-state index contributed by atoms with van der Waals surface area (Å²) in [6.07, 6.45) is 0.672. The highest BCUT2D eigenvalue weighted by Gasteiger charge is 2.29. The second-order valence-electron chi connectivity index (χ2n) is 25.3. The lowest BCUT2D eigenvalue weighted by Gasteiger charge is -2.21. The van der Waals surface area contributed by atoms with E-state index in [2.05, 4.69) is 184 Å². The zero-order chi connectivity index (χ0) is 86.4. The Morgan fingerprint density at radius 1 is 0.500 bits per heavy atom. The number of hydrogen-bond donors (Lipinski definition) is 21. The molecule has 41 nitrogen and oxygen atoms in total. The van der Waals surface area contributed by atoms with Crippen LogP contribution < -0.4 is 80.5 Å². The number of ether oxygens (including phenoxy) is 4. The van der Waals surface area contributed by atoms with Crippen molar-refractivity contribution in [2.75, 3.05) is 108 Å². The third-order valence-electron chi connectivity index (χ3n) is 16.3. The van der Waals surface area contributed by atoms with Gasteiger partial charge in [0.2, 0.25) is 17.7 Å². The zero-order valence-corrected chi connectivity index (χ0v) is 72.1. The number of methoxy groups -OCH3 is 1. The molecule has 3 aliphatic rings. The third-order valence-corrected chi connectivity index (χ3v) is 19.4. The Morgan fingerprint density at radius 2 is 0.847 bits per heavy atom. The van der Waals surface area contributed by atoms with Crippen molar-refractivity contribution in [1.82, 2.24) is 62.4 Å². The Labute approximate surface area is 720 Å². The Morgan fingerprint density at radius 3 is 1.19 bits per heavy atom. The molecule has 0 aliphatic carbocycles. The first kappa shape index (κ1) is 94.8. The number of aromatic amines is 2. The summed E-state index contributed by atoms with van der Waals surface area (Å²) in [5.74, 6) is -6.19. The number of aliphatic hydroxyl groups is 3. The number of carboxylic acids is 1. The molecule has 6 heterocycles. The summed E-state index contributed by atoms with van der Waals surface area (Å²) in [5, 5.41) is 101. The number of guanidine groups is 3. The molecular weight excluding hydrogens is 1950 g/mol. The minimum Gasteiger partial charge on any atom is -0.506 e. The van der Waals surface area contributed by atoms with Crippen LogP contribution in [0.4, 0.5) is 17.1 Å². The standard InChI is InChI=1S/C27H34Br2N6O9.C23H26Br2N6O7.C21H22Br2N6O7/c1-3-44-23(38)9-20(18-7-16(28)8-19(29)24(18)39)33-22(37)12-30-25(40)15-6-21(34-27-31-10-17(36)11-32-27)26(41)35(13-15)14-43-5-4-42-2;1-2-38-19(34)6-16(14-4-12(24)5-15(25)20(14)35)30-18(33)10-27-21(36)11-3-17(22(37)26-7-11)31-23-28-8-13(32)9-29-23;22-10-2-12(18(34)13(23)3-10)14(4-17(32)33)28-16(31)8-25-19(35)9-1-15(20(36)24-5-9)29-21-26-6-11(30)7-27-21/h6-8,13,17,20,36,39H,3-5,9-12,14H2,1-2H3,(H,30,40)(H,33,37)(H2,31,32,34);3-5,7,13,16,32,35H,2,6,8-10H2,1H3,(H,26,37)(H,27,36)(H,30,33)(H2,28,29,31);1-3,5,11,14,30,34H,4,6-8H2,(H,24,36)(H,25,35)(H,28,31)(H,32,33)(H2,26,27,29). The van der Waals surface area contributed by atoms with Crippen molar-refractivity contribution in [3.05, 3.63) is 164 Å². The van der Waals surface area contributed by atoms with Crippen molar-refractivity contribution >= 4 is 184 Å². The fourth-order valence-electron chi connectivity index (χ4n) is 10.6. The first-order valence-electron chi connectivity index (χ1n) is 35.4. The van der Waals surface area contributed by atoms with Gasteiger partial charge in [-0.25, -0.2) is 0 Å². The quantitative estimate of drug-likeness (QED) is 0.0219. The molecule has 6 atom stereocenters. The minimum absolute atomic E-state index is 0.00490. The van der Waals surface area contributed by atoms with Crippen LogP contribution in [0.25, 0.3) is 0 Å². The van der Waals surface area contributed by atoms with Crippen LogP contribution in [0.1, 0.15) is 99.0 Å². The molecule has 0 saturated heterocycles. The number of H-pyrrole nitrogens is 2. The van der Waals surface area contributed by atoms with Crippen LogP contribution in [0.3, 0.4) is 0 Å². The minimum atomic E-state index is -1.21. The van der Waals surface area contributed by atoms with E-state index in [1.165, 1.54) is 54.5 Å². The van der Waals surface area contributed by atoms with Crippen LogP contribution in [-0.4, -0.2) is 232 Å². The first-order chi connectivity index (χ1) is 56.1. The molecule has 47 heteroatoms. The summed E-state index contributed by atoms with van der Waals surface area (Å²) >= 11 is 19.6. The number of nitrogens with zero attached hydrogens (tertiary/aromatic N) is 4. The maximum Gasteiger partial charge on any atom is 0.308 e. The molecule has 6 amide bonds. The Bertz CT molecular complexity index is 4960. The number of aliphatic hydroxyl groups excluding tert-OH is 3. The Balaban J connectivity index is 0.000000246. The number of pyridine rings is 3. The number of esters is 2. The van der Waals surface area contributed by atoms with Gasteiger partial charge in [-0.05, 0) is 116 Å². The highest BCUT2D eigenvalue weighted by molar-refractivity contribution is 9.11. The summed E-state index contributed by atoms with van der Waals surface area (Å²) in [7, 11) is 1.51. The molecule has 6 aromatic rings. The van der Waals surface area contributed by atoms with E-state index in [0.717, 1.165) is 0 Å². The average Bonchev–Trinajstić information content (AvgIpc) is 0.840. The molecule has 9 rings (SSSR count). The first-order valence-corrected chi connectivity index (χ1v) is 40.1. The monoisotopic (exact) mass is 2030 g/mol. The molecule has 3 aromatic carbocycles. The number of nitrogens with one attached hydrogen (secondary N) is 14. The number of carbonyl (C=O) groups excluding carboxylic acids is 8. The van der Waals surface area contributed by atoms with Crippen LogP contribution in [0, 0.1) is 0 Å². The maximum absolute atomic E-state index is 13.1. The van der Waals surface area contributed by atoms with E-state index in [1.54, 1.807) is 44.2 Å². The summed E-state index contributed by atoms with van der Waals surface area (Å²) in [4.78, 5) is 167. The number of carbonyl (C=O) groups is 9. The number of aromatic hydroxyl groups is 3. The number of hydrogen-bond acceptors (Lipinski definition) is 31. The highest BCUT2D eigenvalue weighted by atomic mass is 79.9. The number of phenols is 3. The molecule has 0 radical (unpaired) electrons. The van der Waals surface area contributed by atoms with Crippen LogP contribution in [0.2, 0.25) is 0 Å². The van der Waals surface area contributed by atoms with Gasteiger partial charge in [0.25, 0.3) is 34.4 Å². The number of aliphatic carboxylic acids is 1. The van der Waals surface area contributed by atoms with Gasteiger partial charge >= 0.3 is 17.9 Å². The van der Waals surface area contributed by atoms with Crippen molar-refractivity contribution < 1.29 is 97.8 Å². The van der Waals surface area contributed by atoms with Crippen LogP contribution in [0.5, 0.6) is 17.2 Å². The van der Waals surface area contributed by atoms with Crippen molar-refractivity contribution in [2.24, 2.45) is 15.0 Å². The van der Waals surface area contributed by atoms with Gasteiger partial charge in [-0.1, -0.05) is 47.8 Å². The van der Waals surface area contributed by atoms with Gasteiger partial charge in [-0.2, -0.15) is 0 Å². The third kappa shape index (κ3) is 29.9. The molecule has 118 heavy (non-hydrogen) atoms. The molecule has 636 valence electrons. The molecule has 0 fully saturated rings. The summed E-state index contributed by atoms with van der Waals surface area (Å²) in [5.41, 5.74) is -0.645. The molecule has 0 bridgehead atoms. The highest BCUT2D eigenvalue weighted by Crippen LogP contribution is 2.39. The predicted molar refractivity (Wildman–Crippen MR) is 447 cm³/mol. The van der Waals surface area contributed by atoms with Crippen molar-refractivity contribution in [3.63, 3.8) is 0 Å². The smallest absolute Gasteiger partial charge is 0.308 e. The SMILES string of the molecule is CCOC(=O)CC(NC(=O)CNC(=O)c1c[nH]c(=O)c(NC2=NCC(O)CN2)c1)c1cc(Br)cc(Br)c1O.CCOC(=O)CC(NC(=O)CNC(=O)c1cc(NC2=NCC(O)CN2)c(=O)n(COCCOC)c1)c1cc(Br)cc(Br)c1O.O=C(O)CC(NC(=O)CNC(=O)c1c[nH]c(=O)c(NC2=NCC(O)CN2)c1)c1cc(Br)cc(Br)c1O. The molecule has 0 saturated carbocycles. The van der Waals surface area contributed by atoms with Gasteiger partial charge < -0.3 is 128 Å². The molecule has 0 spiro atoms. The number of rotatable bonds is 31. The number of anilines is 3. The summed E-state index contributed by atoms with van der Waals surface area (Å²) < 4.78 is 24.3. The number of aromatic nitrogens is 3. The second-order valence-corrected chi connectivity index (χ2v) is 30.6. The van der Waals surface area contributed by atoms with E-state index in [0.29, 0.717) is 33.4 Å². The van der Waals surface area contributed by atoms with Crippen LogP contribution >= 0.6 is 95.6 Å². The van der Waals surface area contributed by atoms with E-state index in [1.807, 2.05) is 0 Å². The van der Waals surface area contributed by atoms with Gasteiger partial charge in [0.05, 0.1) is 152 Å². The van der Waals surface area contributed by atoms with E-state index < -0.39 is 133 Å². The second kappa shape index (κ2) is 46.7. The lowest BCUT2D eigenvalue weighted by atomic mass is 10.0. The van der Waals surface area contributed by atoms with Crippen molar-refractivity contribution in [2.45, 2.75) is 76.3 Å². The number of aliphatic imine (C=N–C) groups is 3. The van der Waals surface area contributed by atoms with Crippen molar-refractivity contribution in [3.8, 4) is 17.2 Å². The number of carboxylic acid groups (broad SMARTS) is 1. The van der Waals surface area contributed by atoms with Crippen molar-refractivity contribution in [1.29, 1.82) is 0 Å². The summed E-state index contributed by atoms with van der Waals surface area (Å²) in [6.45, 7) is 3.60. The number of benzene rings is 3. The van der Waals surface area contributed by atoms with E-state index >= 15 is 0 Å². The summed E-state index contributed by atoms with van der Waals surface area (Å²) in [6, 6.07) is 10.2. The van der Waals surface area contributed by atoms with Gasteiger partial charge in [0, 0.05) is 75.4 Å². The molecule has 6 unspecified atom stereocenters. The molecule has 21 N–H and O–H groups in total. The Kier molecular flexibility index (Phi) is 37.5. The zero-order valence-electron chi connectivity index (χ0n) is 62.6. The van der Waals surface area contributed by atoms with Crippen LogP contribution in [-0.2, 0) is 54.4 Å². The average molecular weight is 2030 g/mol. The fourth-order valence-corrected chi connectivity index (χ4v) is 14.4. The fraction of sp³-hybridized carbons (Fsp3) is 0.366. The van der Waals surface area contributed by atoms with Gasteiger partial charge in [0.15, 0.2) is 17.9 Å². The number of phenolic OH excluding ortho intramolecular Hbond substituents is 3. The van der Waals surface area contributed by atoms with Gasteiger partial charge in [0.1, 0.15) is 41.0 Å². The predicted octanol–water partition coefficient (Wildman–Crippen LogP) is 2.25. The number of β-amino-alcohol motifs (C(OH)–C–C–N with tert-alkyl or cyclic N) is 3. The largest absolute Gasteiger partial charge is 0.506 e. The lowest BCUT2D eigenvalue weighted by Crippen LogP contribution is -2.43. The molecular formula is C71H82Br6N18O23. The number of amides is 6. The number of halogens is 6. The maximum atomic E-state index is 13.1.